The maximum atomic E-state index is 11.3. The average Bonchev–Trinajstić information content (AvgIpc) is 2.88. The molecule has 0 heterocycles. The Bertz CT molecular complexity index is 1030. The van der Waals surface area contributed by atoms with Crippen molar-refractivity contribution in [1.82, 2.24) is 0 Å². The first-order chi connectivity index (χ1) is 17.0. The molecule has 6 nitrogen and oxygen atoms in total. The summed E-state index contributed by atoms with van der Waals surface area (Å²) >= 11 is 0. The van der Waals surface area contributed by atoms with Gasteiger partial charge in [0.25, 0.3) is 0 Å². The van der Waals surface area contributed by atoms with Crippen molar-refractivity contribution in [3.8, 4) is 23.3 Å². The van der Waals surface area contributed by atoms with Crippen LogP contribution in [0.4, 0.5) is 0 Å². The molecule has 0 N–H and O–H groups in total. The van der Waals surface area contributed by atoms with Crippen molar-refractivity contribution in [2.75, 3.05) is 27.4 Å². The predicted octanol–water partition coefficient (Wildman–Crippen LogP) is 6.61. The van der Waals surface area contributed by atoms with Crippen LogP contribution in [-0.2, 0) is 9.53 Å². The number of esters is 1. The molecule has 2 rings (SSSR count). The molecule has 0 aliphatic carbocycles. The number of rotatable bonds is 15. The molecular weight excluding hydrogens is 442 g/mol. The Balaban J connectivity index is 1.72. The Morgan fingerprint density at radius 2 is 1.54 bits per heavy atom. The molecule has 0 fully saturated rings. The molecule has 0 saturated carbocycles. The van der Waals surface area contributed by atoms with Crippen LogP contribution >= 0.6 is 0 Å². The molecule has 35 heavy (non-hydrogen) atoms. The van der Waals surface area contributed by atoms with E-state index < -0.39 is 0 Å². The summed E-state index contributed by atoms with van der Waals surface area (Å²) < 4.78 is 21.5. The highest BCUT2D eigenvalue weighted by molar-refractivity contribution is 5.90. The first-order valence-electron chi connectivity index (χ1n) is 11.9. The molecule has 2 aromatic rings. The van der Waals surface area contributed by atoms with Crippen LogP contribution in [0.3, 0.4) is 0 Å². The molecule has 0 spiro atoms. The Morgan fingerprint density at radius 3 is 2.14 bits per heavy atom. The van der Waals surface area contributed by atoms with Crippen molar-refractivity contribution in [1.29, 1.82) is 5.26 Å². The quantitative estimate of drug-likeness (QED) is 0.0945. The van der Waals surface area contributed by atoms with E-state index in [9.17, 15) is 10.1 Å². The minimum absolute atomic E-state index is 0.311. The first kappa shape index (κ1) is 27.5. The van der Waals surface area contributed by atoms with Gasteiger partial charge in [0, 0.05) is 5.57 Å². The fourth-order valence-electron chi connectivity index (χ4n) is 3.40. The van der Waals surface area contributed by atoms with Crippen LogP contribution in [-0.4, -0.2) is 33.4 Å². The fraction of sp³-hybridized carbons (Fsp3) is 0.379. The Morgan fingerprint density at radius 1 is 0.914 bits per heavy atom. The Labute approximate surface area is 208 Å². The van der Waals surface area contributed by atoms with Gasteiger partial charge in [-0.1, -0.05) is 44.4 Å². The molecule has 0 saturated heterocycles. The number of methoxy groups -OCH3 is 2. The fourth-order valence-corrected chi connectivity index (χ4v) is 3.40. The monoisotopic (exact) mass is 477 g/mol. The van der Waals surface area contributed by atoms with Gasteiger partial charge in [0.2, 0.25) is 0 Å². The molecule has 0 amide bonds. The second-order valence-electron chi connectivity index (χ2n) is 8.19. The number of nitriles is 1. The van der Waals surface area contributed by atoms with Gasteiger partial charge in [0.15, 0.2) is 11.5 Å². The van der Waals surface area contributed by atoms with Gasteiger partial charge in [-0.05, 0) is 67.3 Å². The lowest BCUT2D eigenvalue weighted by molar-refractivity contribution is -0.139. The summed E-state index contributed by atoms with van der Waals surface area (Å²) in [5.41, 5.74) is 2.65. The zero-order chi connectivity index (χ0) is 25.5. The molecule has 0 aromatic heterocycles. The van der Waals surface area contributed by atoms with Crippen LogP contribution in [0.5, 0.6) is 17.2 Å². The maximum absolute atomic E-state index is 11.3. The van der Waals surface area contributed by atoms with Crippen molar-refractivity contribution >= 4 is 17.6 Å². The summed E-state index contributed by atoms with van der Waals surface area (Å²) in [6, 6.07) is 15.4. The third-order valence-electron chi connectivity index (χ3n) is 5.40. The second-order valence-corrected chi connectivity index (χ2v) is 8.19. The molecular formula is C29H35NO5. The number of hydrogen-bond acceptors (Lipinski definition) is 6. The topological polar surface area (TPSA) is 77.8 Å². The van der Waals surface area contributed by atoms with E-state index in [1.807, 2.05) is 36.4 Å². The largest absolute Gasteiger partial charge is 0.494 e. The van der Waals surface area contributed by atoms with Crippen molar-refractivity contribution in [3.05, 3.63) is 65.7 Å². The highest BCUT2D eigenvalue weighted by Gasteiger charge is 2.08. The molecule has 6 heteroatoms. The standard InChI is InChI=1S/C29H35NO5/c1-22(2)29(31)35-18-10-8-6-5-7-9-17-34-26-14-11-23(12-15-26)19-25(21-30)24-13-16-27(32-3)28(20-24)33-4/h11-16,19-20H,1,5-10,17-18H2,2-4H3/b25-19+. The lowest BCUT2D eigenvalue weighted by atomic mass is 10.0. The number of carbonyl (C=O) groups excluding carboxylic acids is 1. The van der Waals surface area contributed by atoms with Crippen LogP contribution in [0.25, 0.3) is 11.6 Å². The summed E-state index contributed by atoms with van der Waals surface area (Å²) in [7, 11) is 3.15. The molecule has 0 atom stereocenters. The van der Waals surface area contributed by atoms with Gasteiger partial charge in [-0.15, -0.1) is 0 Å². The maximum Gasteiger partial charge on any atom is 0.333 e. The summed E-state index contributed by atoms with van der Waals surface area (Å²) in [6.45, 7) is 6.35. The number of hydrogen-bond donors (Lipinski definition) is 0. The van der Waals surface area contributed by atoms with Gasteiger partial charge in [-0.25, -0.2) is 4.79 Å². The smallest absolute Gasteiger partial charge is 0.333 e. The number of benzene rings is 2. The zero-order valence-electron chi connectivity index (χ0n) is 21.0. The first-order valence-corrected chi connectivity index (χ1v) is 11.9. The van der Waals surface area contributed by atoms with E-state index in [0.717, 1.165) is 55.4 Å². The van der Waals surface area contributed by atoms with Crippen molar-refractivity contribution in [2.24, 2.45) is 0 Å². The highest BCUT2D eigenvalue weighted by Crippen LogP contribution is 2.31. The molecule has 0 aliphatic heterocycles. The zero-order valence-corrected chi connectivity index (χ0v) is 21.0. The molecule has 0 aliphatic rings. The van der Waals surface area contributed by atoms with Gasteiger partial charge in [0.1, 0.15) is 5.75 Å². The van der Waals surface area contributed by atoms with E-state index in [-0.39, 0.29) is 5.97 Å². The molecule has 186 valence electrons. The van der Waals surface area contributed by atoms with Crippen LogP contribution < -0.4 is 14.2 Å². The average molecular weight is 478 g/mol. The van der Waals surface area contributed by atoms with Crippen molar-refractivity contribution < 1.29 is 23.7 Å². The SMILES string of the molecule is C=C(C)C(=O)OCCCCCCCCOc1ccc(/C=C(\C#N)c2ccc(OC)c(OC)c2)cc1. The van der Waals surface area contributed by atoms with Crippen LogP contribution in [0.1, 0.15) is 56.6 Å². The number of allylic oxidation sites excluding steroid dienone is 1. The van der Waals surface area contributed by atoms with E-state index in [4.69, 9.17) is 18.9 Å². The molecule has 0 radical (unpaired) electrons. The van der Waals surface area contributed by atoms with Gasteiger partial charge in [-0.2, -0.15) is 5.26 Å². The van der Waals surface area contributed by atoms with E-state index in [2.05, 4.69) is 12.6 Å². The van der Waals surface area contributed by atoms with E-state index in [0.29, 0.717) is 35.9 Å². The normalized spacial score (nSPS) is 10.9. The lowest BCUT2D eigenvalue weighted by Gasteiger charge is -2.09. The van der Waals surface area contributed by atoms with Crippen LogP contribution in [0, 0.1) is 11.3 Å². The van der Waals surface area contributed by atoms with Gasteiger partial charge < -0.3 is 18.9 Å². The van der Waals surface area contributed by atoms with Crippen molar-refractivity contribution in [3.63, 3.8) is 0 Å². The van der Waals surface area contributed by atoms with Crippen LogP contribution in [0.2, 0.25) is 0 Å². The minimum Gasteiger partial charge on any atom is -0.494 e. The van der Waals surface area contributed by atoms with Gasteiger partial charge in [0.05, 0.1) is 39.1 Å². The number of nitrogens with zero attached hydrogens (tertiary/aromatic N) is 1. The van der Waals surface area contributed by atoms with Crippen molar-refractivity contribution in [2.45, 2.75) is 45.4 Å². The van der Waals surface area contributed by atoms with E-state index in [1.54, 1.807) is 33.3 Å². The molecule has 2 aromatic carbocycles. The number of ether oxygens (including phenoxy) is 4. The second kappa shape index (κ2) is 15.2. The van der Waals surface area contributed by atoms with E-state index >= 15 is 0 Å². The number of unbranched alkanes of at least 4 members (excludes halogenated alkanes) is 5. The third kappa shape index (κ3) is 9.58. The Hall–Kier alpha value is -3.72. The van der Waals surface area contributed by atoms with Crippen LogP contribution in [0.15, 0.2) is 54.6 Å². The molecule has 0 unspecified atom stereocenters. The molecule has 0 bridgehead atoms. The summed E-state index contributed by atoms with van der Waals surface area (Å²) in [4.78, 5) is 11.3. The van der Waals surface area contributed by atoms with E-state index in [1.165, 1.54) is 0 Å². The lowest BCUT2D eigenvalue weighted by Crippen LogP contribution is -2.06. The van der Waals surface area contributed by atoms with Gasteiger partial charge >= 0.3 is 5.97 Å². The summed E-state index contributed by atoms with van der Waals surface area (Å²) in [6.07, 6.45) is 8.11. The predicted molar refractivity (Wildman–Crippen MR) is 138 cm³/mol. The Kier molecular flexibility index (Phi) is 12.0. The number of carbonyl (C=O) groups is 1. The summed E-state index contributed by atoms with van der Waals surface area (Å²) in [5, 5.41) is 9.64. The minimum atomic E-state index is -0.311. The highest BCUT2D eigenvalue weighted by atomic mass is 16.5. The van der Waals surface area contributed by atoms with Gasteiger partial charge in [-0.3, -0.25) is 0 Å². The third-order valence-corrected chi connectivity index (χ3v) is 5.40. The summed E-state index contributed by atoms with van der Waals surface area (Å²) in [5.74, 6) is 1.70.